The Bertz CT molecular complexity index is 1010. The molecule has 0 fully saturated rings. The maximum Gasteiger partial charge on any atom is 0.337 e. The van der Waals surface area contributed by atoms with Crippen molar-refractivity contribution in [3.05, 3.63) is 70.0 Å². The smallest absolute Gasteiger partial charge is 0.337 e. The second kappa shape index (κ2) is 7.74. The average molecular weight is 368 g/mol. The van der Waals surface area contributed by atoms with Crippen molar-refractivity contribution in [1.29, 1.82) is 0 Å². The Hall–Kier alpha value is -2.60. The molecule has 0 saturated heterocycles. The number of hydrogen-bond acceptors (Lipinski definition) is 5. The lowest BCUT2D eigenvalue weighted by Gasteiger charge is -2.16. The van der Waals surface area contributed by atoms with Crippen LogP contribution in [0.25, 0.3) is 10.9 Å². The zero-order valence-electron chi connectivity index (χ0n) is 14.9. The molecule has 0 aliphatic rings. The molecular weight excluding hydrogens is 348 g/mol. The van der Waals surface area contributed by atoms with E-state index in [1.807, 2.05) is 44.2 Å². The minimum absolute atomic E-state index is 0.00325. The van der Waals surface area contributed by atoms with Gasteiger partial charge in [0.15, 0.2) is 5.16 Å². The topological polar surface area (TPSA) is 61.2 Å². The van der Waals surface area contributed by atoms with Gasteiger partial charge in [0.1, 0.15) is 0 Å². The van der Waals surface area contributed by atoms with E-state index in [0.29, 0.717) is 27.4 Å². The summed E-state index contributed by atoms with van der Waals surface area (Å²) in [5.74, 6) is 0.238. The van der Waals surface area contributed by atoms with Gasteiger partial charge >= 0.3 is 5.97 Å². The summed E-state index contributed by atoms with van der Waals surface area (Å²) < 4.78 is 6.48. The van der Waals surface area contributed by atoms with E-state index >= 15 is 0 Å². The number of fused-ring (bicyclic) bond motifs is 1. The van der Waals surface area contributed by atoms with Gasteiger partial charge in [-0.1, -0.05) is 36.0 Å². The number of para-hydroxylation sites is 1. The first-order valence-corrected chi connectivity index (χ1v) is 9.31. The highest BCUT2D eigenvalue weighted by Crippen LogP contribution is 2.24. The van der Waals surface area contributed by atoms with Gasteiger partial charge in [0.25, 0.3) is 5.56 Å². The maximum atomic E-state index is 12.8. The molecule has 0 radical (unpaired) electrons. The van der Waals surface area contributed by atoms with Crippen LogP contribution < -0.4 is 5.56 Å². The molecule has 1 aromatic heterocycles. The summed E-state index contributed by atoms with van der Waals surface area (Å²) in [6.07, 6.45) is 0. The van der Waals surface area contributed by atoms with Crippen LogP contribution in [0.15, 0.2) is 58.5 Å². The Morgan fingerprint density at radius 1 is 1.19 bits per heavy atom. The molecule has 0 bridgehead atoms. The van der Waals surface area contributed by atoms with Crippen molar-refractivity contribution in [2.75, 3.05) is 7.11 Å². The Morgan fingerprint density at radius 2 is 1.96 bits per heavy atom. The van der Waals surface area contributed by atoms with Gasteiger partial charge in [-0.3, -0.25) is 9.36 Å². The third-order valence-corrected chi connectivity index (χ3v) is 5.03. The SMILES string of the molecule is COC(=O)c1cccc(CSc2nc3ccccc3c(=O)n2C(C)C)c1. The Labute approximate surface area is 156 Å². The van der Waals surface area contributed by atoms with Gasteiger partial charge < -0.3 is 4.74 Å². The number of methoxy groups -OCH3 is 1. The van der Waals surface area contributed by atoms with E-state index in [1.165, 1.54) is 18.9 Å². The van der Waals surface area contributed by atoms with Crippen molar-refractivity contribution in [1.82, 2.24) is 9.55 Å². The number of nitrogens with zero attached hydrogens (tertiary/aromatic N) is 2. The number of aromatic nitrogens is 2. The number of carbonyl (C=O) groups is 1. The second-order valence-corrected chi connectivity index (χ2v) is 7.10. The standard InChI is InChI=1S/C20H20N2O3S/c1-13(2)22-18(23)16-9-4-5-10-17(16)21-20(22)26-12-14-7-6-8-15(11-14)19(24)25-3/h4-11,13H,12H2,1-3H3. The summed E-state index contributed by atoms with van der Waals surface area (Å²) in [6.45, 7) is 3.94. The first-order chi connectivity index (χ1) is 12.5. The summed E-state index contributed by atoms with van der Waals surface area (Å²) >= 11 is 1.49. The van der Waals surface area contributed by atoms with E-state index in [2.05, 4.69) is 4.98 Å². The zero-order chi connectivity index (χ0) is 18.7. The normalized spacial score (nSPS) is 11.1. The molecule has 0 saturated carbocycles. The van der Waals surface area contributed by atoms with Gasteiger partial charge in [-0.2, -0.15) is 0 Å². The molecule has 134 valence electrons. The number of hydrogen-bond donors (Lipinski definition) is 0. The molecule has 26 heavy (non-hydrogen) atoms. The Kier molecular flexibility index (Phi) is 5.42. The van der Waals surface area contributed by atoms with E-state index < -0.39 is 0 Å². The van der Waals surface area contributed by atoms with Crippen LogP contribution in [0.2, 0.25) is 0 Å². The summed E-state index contributed by atoms with van der Waals surface area (Å²) in [4.78, 5) is 29.2. The molecule has 0 aliphatic heterocycles. The zero-order valence-corrected chi connectivity index (χ0v) is 15.7. The lowest BCUT2D eigenvalue weighted by atomic mass is 10.1. The maximum absolute atomic E-state index is 12.8. The van der Waals surface area contributed by atoms with Crippen LogP contribution in [-0.4, -0.2) is 22.6 Å². The largest absolute Gasteiger partial charge is 0.465 e. The predicted molar refractivity (Wildman–Crippen MR) is 104 cm³/mol. The highest BCUT2D eigenvalue weighted by atomic mass is 32.2. The number of carbonyl (C=O) groups excluding carboxylic acids is 1. The number of rotatable bonds is 5. The lowest BCUT2D eigenvalue weighted by Crippen LogP contribution is -2.25. The fourth-order valence-electron chi connectivity index (χ4n) is 2.74. The summed E-state index contributed by atoms with van der Waals surface area (Å²) in [7, 11) is 1.37. The molecule has 0 aliphatic carbocycles. The molecule has 6 heteroatoms. The fourth-order valence-corrected chi connectivity index (χ4v) is 3.81. The molecule has 0 unspecified atom stereocenters. The number of benzene rings is 2. The van der Waals surface area contributed by atoms with Crippen LogP contribution in [0.5, 0.6) is 0 Å². The van der Waals surface area contributed by atoms with E-state index in [1.54, 1.807) is 22.8 Å². The fraction of sp³-hybridized carbons (Fsp3) is 0.250. The number of esters is 1. The van der Waals surface area contributed by atoms with Crippen LogP contribution in [0.4, 0.5) is 0 Å². The summed E-state index contributed by atoms with van der Waals surface area (Å²) in [5.41, 5.74) is 2.14. The van der Waals surface area contributed by atoms with Crippen LogP contribution >= 0.6 is 11.8 Å². The van der Waals surface area contributed by atoms with Gasteiger partial charge in [0.05, 0.1) is 23.6 Å². The monoisotopic (exact) mass is 368 g/mol. The van der Waals surface area contributed by atoms with Crippen molar-refractivity contribution in [2.24, 2.45) is 0 Å². The quantitative estimate of drug-likeness (QED) is 0.386. The van der Waals surface area contributed by atoms with Crippen LogP contribution in [0, 0.1) is 0 Å². The number of ether oxygens (including phenoxy) is 1. The van der Waals surface area contributed by atoms with Crippen LogP contribution in [-0.2, 0) is 10.5 Å². The molecule has 5 nitrogen and oxygen atoms in total. The highest BCUT2D eigenvalue weighted by Gasteiger charge is 2.14. The minimum atomic E-state index is -0.361. The van der Waals surface area contributed by atoms with E-state index in [4.69, 9.17) is 4.74 Å². The molecule has 3 rings (SSSR count). The lowest BCUT2D eigenvalue weighted by molar-refractivity contribution is 0.0600. The Balaban J connectivity index is 1.95. The third kappa shape index (κ3) is 3.65. The molecule has 2 aromatic carbocycles. The van der Waals surface area contributed by atoms with Gasteiger partial charge in [-0.05, 0) is 43.7 Å². The molecule has 0 atom stereocenters. The van der Waals surface area contributed by atoms with Crippen molar-refractivity contribution in [3.63, 3.8) is 0 Å². The van der Waals surface area contributed by atoms with Gasteiger partial charge in [-0.15, -0.1) is 0 Å². The number of thioether (sulfide) groups is 1. The Morgan fingerprint density at radius 3 is 2.69 bits per heavy atom. The molecule has 1 heterocycles. The van der Waals surface area contributed by atoms with Crippen molar-refractivity contribution in [3.8, 4) is 0 Å². The van der Waals surface area contributed by atoms with Gasteiger partial charge in [0, 0.05) is 11.8 Å². The third-order valence-electron chi connectivity index (χ3n) is 4.01. The van der Waals surface area contributed by atoms with Crippen LogP contribution in [0.3, 0.4) is 0 Å². The second-order valence-electron chi connectivity index (χ2n) is 6.16. The molecular formula is C20H20N2O3S. The van der Waals surface area contributed by atoms with Crippen molar-refractivity contribution in [2.45, 2.75) is 30.8 Å². The molecule has 0 amide bonds. The van der Waals surface area contributed by atoms with Gasteiger partial charge in [0.2, 0.25) is 0 Å². The van der Waals surface area contributed by atoms with Gasteiger partial charge in [-0.25, -0.2) is 9.78 Å². The molecule has 0 spiro atoms. The summed E-state index contributed by atoms with van der Waals surface area (Å²) in [6, 6.07) is 14.7. The van der Waals surface area contributed by atoms with Crippen molar-refractivity contribution >= 4 is 28.6 Å². The van der Waals surface area contributed by atoms with Crippen LogP contribution in [0.1, 0.15) is 35.8 Å². The predicted octanol–water partition coefficient (Wildman–Crippen LogP) is 4.06. The summed E-state index contributed by atoms with van der Waals surface area (Å²) in [5, 5.41) is 1.30. The van der Waals surface area contributed by atoms with Crippen molar-refractivity contribution < 1.29 is 9.53 Å². The van der Waals surface area contributed by atoms with E-state index in [-0.39, 0.29) is 17.6 Å². The highest BCUT2D eigenvalue weighted by molar-refractivity contribution is 7.98. The minimum Gasteiger partial charge on any atom is -0.465 e. The molecule has 0 N–H and O–H groups in total. The average Bonchev–Trinajstić information content (AvgIpc) is 2.65. The first kappa shape index (κ1) is 18.2. The van der Waals surface area contributed by atoms with E-state index in [9.17, 15) is 9.59 Å². The first-order valence-electron chi connectivity index (χ1n) is 8.32. The van der Waals surface area contributed by atoms with E-state index in [0.717, 1.165) is 5.56 Å². The molecule has 3 aromatic rings.